The van der Waals surface area contributed by atoms with E-state index in [1.807, 2.05) is 19.3 Å². The summed E-state index contributed by atoms with van der Waals surface area (Å²) in [4.78, 5) is 6.69. The van der Waals surface area contributed by atoms with E-state index in [-0.39, 0.29) is 0 Å². The van der Waals surface area contributed by atoms with Crippen LogP contribution in [0.2, 0.25) is 0 Å². The molecule has 2 heteroatoms. The molecule has 0 N–H and O–H groups in total. The van der Waals surface area contributed by atoms with Crippen LogP contribution in [0, 0.1) is 0 Å². The monoisotopic (exact) mass is 242 g/mol. The van der Waals surface area contributed by atoms with Crippen LogP contribution in [0.4, 0.5) is 5.69 Å². The minimum Gasteiger partial charge on any atom is -0.367 e. The number of hydrogen-bond donors (Lipinski definition) is 0. The van der Waals surface area contributed by atoms with Crippen molar-refractivity contribution in [3.8, 4) is 0 Å². The van der Waals surface area contributed by atoms with Crippen molar-refractivity contribution in [3.05, 3.63) is 41.1 Å². The Labute approximate surface area is 110 Å². The molecule has 0 unspecified atom stereocenters. The molecular formula is C16H22N2. The number of benzene rings is 1. The molecule has 0 saturated heterocycles. The van der Waals surface area contributed by atoms with E-state index in [0.717, 1.165) is 19.5 Å². The van der Waals surface area contributed by atoms with Crippen LogP contribution in [0.3, 0.4) is 0 Å². The van der Waals surface area contributed by atoms with Gasteiger partial charge in [0.1, 0.15) is 0 Å². The van der Waals surface area contributed by atoms with Crippen molar-refractivity contribution in [1.29, 1.82) is 0 Å². The number of aryl methyl sites for hydroxylation is 1. The summed E-state index contributed by atoms with van der Waals surface area (Å²) in [6.45, 7) is 8.45. The van der Waals surface area contributed by atoms with Gasteiger partial charge in [-0.05, 0) is 43.4 Å². The first-order chi connectivity index (χ1) is 8.76. The molecular weight excluding hydrogens is 220 g/mol. The van der Waals surface area contributed by atoms with Gasteiger partial charge in [0.05, 0.1) is 0 Å². The largest absolute Gasteiger partial charge is 0.367 e. The normalized spacial score (nSPS) is 15.5. The molecule has 1 aliphatic heterocycles. The van der Waals surface area contributed by atoms with Gasteiger partial charge in [-0.1, -0.05) is 25.1 Å². The maximum Gasteiger partial charge on any atom is 0.0434 e. The molecule has 96 valence electrons. The van der Waals surface area contributed by atoms with Crippen LogP contribution < -0.4 is 4.90 Å². The first-order valence-corrected chi connectivity index (χ1v) is 6.75. The standard InChI is InChI=1S/C16H22N2/c1-4-14-7-6-8-15-9-10-18(16(14)15)12-13(3)11-17-5-2/h5-8,11H,4,9-10,12H2,1-3H3/b13-11+,17-5?. The molecule has 0 spiro atoms. The van der Waals surface area contributed by atoms with Crippen molar-refractivity contribution in [2.45, 2.75) is 33.6 Å². The van der Waals surface area contributed by atoms with Crippen molar-refractivity contribution in [1.82, 2.24) is 0 Å². The van der Waals surface area contributed by atoms with Crippen LogP contribution in [0.1, 0.15) is 31.9 Å². The van der Waals surface area contributed by atoms with E-state index in [2.05, 4.69) is 41.9 Å². The maximum atomic E-state index is 4.20. The first-order valence-electron chi connectivity index (χ1n) is 6.75. The molecule has 18 heavy (non-hydrogen) atoms. The van der Waals surface area contributed by atoms with Gasteiger partial charge in [-0.25, -0.2) is 0 Å². The summed E-state index contributed by atoms with van der Waals surface area (Å²) in [6.07, 6.45) is 6.08. The number of rotatable bonds is 4. The summed E-state index contributed by atoms with van der Waals surface area (Å²) in [7, 11) is 0. The lowest BCUT2D eigenvalue weighted by Crippen LogP contribution is -2.23. The number of aliphatic imine (C=N–C) groups is 1. The quantitative estimate of drug-likeness (QED) is 0.736. The van der Waals surface area contributed by atoms with Crippen molar-refractivity contribution in [2.75, 3.05) is 18.0 Å². The van der Waals surface area contributed by atoms with Gasteiger partial charge in [-0.3, -0.25) is 4.99 Å². The highest BCUT2D eigenvalue weighted by molar-refractivity contribution is 5.64. The van der Waals surface area contributed by atoms with E-state index in [0.29, 0.717) is 0 Å². The van der Waals surface area contributed by atoms with E-state index in [1.165, 1.54) is 28.8 Å². The smallest absolute Gasteiger partial charge is 0.0434 e. The molecule has 1 heterocycles. The summed E-state index contributed by atoms with van der Waals surface area (Å²) < 4.78 is 0. The molecule has 2 nitrogen and oxygen atoms in total. The van der Waals surface area contributed by atoms with Gasteiger partial charge in [0.15, 0.2) is 0 Å². The van der Waals surface area contributed by atoms with E-state index in [1.54, 1.807) is 0 Å². The van der Waals surface area contributed by atoms with Crippen LogP contribution in [-0.4, -0.2) is 19.3 Å². The maximum absolute atomic E-state index is 4.20. The summed E-state index contributed by atoms with van der Waals surface area (Å²) in [5.41, 5.74) is 5.75. The van der Waals surface area contributed by atoms with Crippen LogP contribution >= 0.6 is 0 Å². The molecule has 0 aliphatic carbocycles. The second-order valence-corrected chi connectivity index (χ2v) is 4.83. The lowest BCUT2D eigenvalue weighted by Gasteiger charge is -2.22. The van der Waals surface area contributed by atoms with E-state index >= 15 is 0 Å². The zero-order valence-electron chi connectivity index (χ0n) is 11.6. The highest BCUT2D eigenvalue weighted by Crippen LogP contribution is 2.32. The topological polar surface area (TPSA) is 15.6 Å². The van der Waals surface area contributed by atoms with Crippen molar-refractivity contribution in [3.63, 3.8) is 0 Å². The van der Waals surface area contributed by atoms with E-state index in [9.17, 15) is 0 Å². The van der Waals surface area contributed by atoms with Crippen LogP contribution in [0.5, 0.6) is 0 Å². The molecule has 0 bridgehead atoms. The van der Waals surface area contributed by atoms with Gasteiger partial charge >= 0.3 is 0 Å². The van der Waals surface area contributed by atoms with Crippen LogP contribution in [-0.2, 0) is 12.8 Å². The number of para-hydroxylation sites is 1. The predicted molar refractivity (Wildman–Crippen MR) is 79.7 cm³/mol. The van der Waals surface area contributed by atoms with Gasteiger partial charge in [0.2, 0.25) is 0 Å². The number of fused-ring (bicyclic) bond motifs is 1. The summed E-state index contributed by atoms with van der Waals surface area (Å²) in [5.74, 6) is 0. The Kier molecular flexibility index (Phi) is 4.19. The average Bonchev–Trinajstić information content (AvgIpc) is 2.79. The summed E-state index contributed by atoms with van der Waals surface area (Å²) in [5, 5.41) is 0. The second-order valence-electron chi connectivity index (χ2n) is 4.83. The molecule has 0 atom stereocenters. The average molecular weight is 242 g/mol. The zero-order valence-corrected chi connectivity index (χ0v) is 11.6. The summed E-state index contributed by atoms with van der Waals surface area (Å²) >= 11 is 0. The van der Waals surface area contributed by atoms with Gasteiger partial charge in [-0.15, -0.1) is 0 Å². The molecule has 2 rings (SSSR count). The molecule has 1 aliphatic rings. The Morgan fingerprint density at radius 2 is 2.28 bits per heavy atom. The minimum absolute atomic E-state index is 0.987. The number of hydrogen-bond acceptors (Lipinski definition) is 2. The SMILES string of the molecule is CC=N/C=C(\C)CN1CCc2cccc(CC)c21. The van der Waals surface area contributed by atoms with Crippen molar-refractivity contribution in [2.24, 2.45) is 4.99 Å². The molecule has 1 aromatic rings. The van der Waals surface area contributed by atoms with E-state index in [4.69, 9.17) is 0 Å². The molecule has 0 amide bonds. The Morgan fingerprint density at radius 1 is 1.44 bits per heavy atom. The third kappa shape index (κ3) is 2.63. The van der Waals surface area contributed by atoms with Gasteiger partial charge in [0, 0.05) is 31.2 Å². The predicted octanol–water partition coefficient (Wildman–Crippen LogP) is 3.61. The fraction of sp³-hybridized carbons (Fsp3) is 0.438. The summed E-state index contributed by atoms with van der Waals surface area (Å²) in [6, 6.07) is 6.70. The Balaban J connectivity index is 2.21. The molecule has 0 saturated carbocycles. The molecule has 1 aromatic carbocycles. The highest BCUT2D eigenvalue weighted by Gasteiger charge is 2.21. The highest BCUT2D eigenvalue weighted by atomic mass is 15.1. The Bertz CT molecular complexity index is 472. The van der Waals surface area contributed by atoms with Crippen molar-refractivity contribution < 1.29 is 0 Å². The van der Waals surface area contributed by atoms with Crippen molar-refractivity contribution >= 4 is 11.9 Å². The lowest BCUT2D eigenvalue weighted by atomic mass is 10.1. The first kappa shape index (κ1) is 12.9. The number of nitrogens with zero attached hydrogens (tertiary/aromatic N) is 2. The second kappa shape index (κ2) is 5.85. The molecule has 0 aromatic heterocycles. The molecule has 0 radical (unpaired) electrons. The van der Waals surface area contributed by atoms with Crippen LogP contribution in [0.15, 0.2) is 35.0 Å². The fourth-order valence-electron chi connectivity index (χ4n) is 2.61. The zero-order chi connectivity index (χ0) is 13.0. The van der Waals surface area contributed by atoms with Gasteiger partial charge in [-0.2, -0.15) is 0 Å². The van der Waals surface area contributed by atoms with Crippen LogP contribution in [0.25, 0.3) is 0 Å². The Hall–Kier alpha value is -1.57. The fourth-order valence-corrected chi connectivity index (χ4v) is 2.61. The number of anilines is 1. The minimum atomic E-state index is 0.987. The third-order valence-electron chi connectivity index (χ3n) is 3.44. The van der Waals surface area contributed by atoms with Gasteiger partial charge in [0.25, 0.3) is 0 Å². The lowest BCUT2D eigenvalue weighted by molar-refractivity contribution is 0.872. The third-order valence-corrected chi connectivity index (χ3v) is 3.44. The molecule has 0 fully saturated rings. The van der Waals surface area contributed by atoms with Gasteiger partial charge < -0.3 is 4.90 Å². The van der Waals surface area contributed by atoms with E-state index < -0.39 is 0 Å². The Morgan fingerprint density at radius 3 is 3.00 bits per heavy atom.